The van der Waals surface area contributed by atoms with E-state index in [1.165, 1.54) is 21.1 Å². The van der Waals surface area contributed by atoms with Gasteiger partial charge in [0, 0.05) is 6.54 Å². The summed E-state index contributed by atoms with van der Waals surface area (Å²) < 4.78 is 41.1. The molecule has 0 amide bonds. The molecule has 0 bridgehead atoms. The average Bonchev–Trinajstić information content (AvgIpc) is 3.22. The third-order valence-electron chi connectivity index (χ3n) is 4.98. The van der Waals surface area contributed by atoms with Gasteiger partial charge in [-0.2, -0.15) is 8.99 Å². The van der Waals surface area contributed by atoms with Gasteiger partial charge >= 0.3 is 0 Å². The van der Waals surface area contributed by atoms with Crippen molar-refractivity contribution < 1.29 is 12.8 Å². The Bertz CT molecular complexity index is 843. The smallest absolute Gasteiger partial charge is 0.212 e. The highest BCUT2D eigenvalue weighted by Gasteiger charge is 2.48. The van der Waals surface area contributed by atoms with Crippen LogP contribution in [0.5, 0.6) is 0 Å². The highest BCUT2D eigenvalue weighted by Crippen LogP contribution is 2.45. The molecule has 0 radical (unpaired) electrons. The molecule has 4 rings (SSSR count). The Hall–Kier alpha value is -1.87. The second-order valence-electron chi connectivity index (χ2n) is 6.71. The molecule has 1 aliphatic heterocycles. The summed E-state index contributed by atoms with van der Waals surface area (Å²) in [7, 11) is -3.30. The fourth-order valence-electron chi connectivity index (χ4n) is 3.82. The Labute approximate surface area is 139 Å². The average molecular weight is 351 g/mol. The first-order valence-electron chi connectivity index (χ1n) is 7.99. The van der Waals surface area contributed by atoms with E-state index in [9.17, 15) is 12.8 Å². The maximum atomic E-state index is 13.1. The minimum atomic E-state index is -3.30. The highest BCUT2D eigenvalue weighted by atomic mass is 32.2. The van der Waals surface area contributed by atoms with Gasteiger partial charge in [-0.25, -0.2) is 12.8 Å². The van der Waals surface area contributed by atoms with Crippen molar-refractivity contribution in [1.29, 1.82) is 0 Å². The molecule has 2 fully saturated rings. The molecule has 2 aromatic rings. The molecule has 0 N–H and O–H groups in total. The molecular formula is C15H18FN5O2S. The minimum absolute atomic E-state index is 0.104. The van der Waals surface area contributed by atoms with E-state index < -0.39 is 10.0 Å². The summed E-state index contributed by atoms with van der Waals surface area (Å²) in [5.74, 6) is 0.303. The Morgan fingerprint density at radius 3 is 2.58 bits per heavy atom. The first kappa shape index (κ1) is 15.6. The number of hydrogen-bond acceptors (Lipinski definition) is 5. The van der Waals surface area contributed by atoms with Crippen molar-refractivity contribution in [3.8, 4) is 5.69 Å². The zero-order valence-electron chi connectivity index (χ0n) is 13.1. The van der Waals surface area contributed by atoms with Gasteiger partial charge in [0.15, 0.2) is 5.82 Å². The Morgan fingerprint density at radius 2 is 1.88 bits per heavy atom. The predicted molar refractivity (Wildman–Crippen MR) is 84.2 cm³/mol. The van der Waals surface area contributed by atoms with Gasteiger partial charge in [-0.3, -0.25) is 0 Å². The quantitative estimate of drug-likeness (QED) is 0.837. The zero-order valence-corrected chi connectivity index (χ0v) is 13.9. The fraction of sp³-hybridized carbons (Fsp3) is 0.533. The zero-order chi connectivity index (χ0) is 16.8. The second-order valence-corrected chi connectivity index (χ2v) is 8.68. The van der Waals surface area contributed by atoms with Crippen LogP contribution >= 0.6 is 0 Å². The molecule has 2 aliphatic rings. The number of nitrogens with zero attached hydrogens (tertiary/aromatic N) is 5. The molecular weight excluding hydrogens is 333 g/mol. The van der Waals surface area contributed by atoms with Crippen molar-refractivity contribution in [3.05, 3.63) is 35.9 Å². The molecule has 7 nitrogen and oxygen atoms in total. The molecule has 0 atom stereocenters. The molecule has 1 aromatic carbocycles. The van der Waals surface area contributed by atoms with Crippen LogP contribution in [0.3, 0.4) is 0 Å². The Balaban J connectivity index is 1.60. The molecule has 1 aromatic heterocycles. The molecule has 1 saturated carbocycles. The predicted octanol–water partition coefficient (Wildman–Crippen LogP) is 1.51. The van der Waals surface area contributed by atoms with Gasteiger partial charge in [0.1, 0.15) is 5.82 Å². The first-order valence-corrected chi connectivity index (χ1v) is 9.60. The van der Waals surface area contributed by atoms with Crippen LogP contribution in [-0.4, -0.2) is 45.2 Å². The van der Waals surface area contributed by atoms with Crippen molar-refractivity contribution in [2.24, 2.45) is 5.41 Å². The number of hydrogen-bond donors (Lipinski definition) is 0. The molecule has 0 unspecified atom stereocenters. The van der Waals surface area contributed by atoms with Crippen LogP contribution in [0.2, 0.25) is 0 Å². The van der Waals surface area contributed by atoms with E-state index in [0.717, 1.165) is 25.7 Å². The van der Waals surface area contributed by atoms with Crippen LogP contribution in [0.4, 0.5) is 4.39 Å². The van der Waals surface area contributed by atoms with Gasteiger partial charge in [0.25, 0.3) is 0 Å². The molecule has 9 heteroatoms. The lowest BCUT2D eigenvalue weighted by molar-refractivity contribution is 0.280. The van der Waals surface area contributed by atoms with Gasteiger partial charge in [0.2, 0.25) is 10.0 Å². The summed E-state index contributed by atoms with van der Waals surface area (Å²) in [5, 5.41) is 11.5. The van der Waals surface area contributed by atoms with E-state index in [-0.39, 0.29) is 23.5 Å². The normalized spacial score (nSPS) is 22.4. The van der Waals surface area contributed by atoms with Crippen molar-refractivity contribution in [2.75, 3.05) is 12.3 Å². The molecule has 1 saturated heterocycles. The van der Waals surface area contributed by atoms with E-state index in [2.05, 4.69) is 15.5 Å². The lowest BCUT2D eigenvalue weighted by Crippen LogP contribution is -2.28. The van der Waals surface area contributed by atoms with Crippen LogP contribution < -0.4 is 0 Å². The van der Waals surface area contributed by atoms with Crippen molar-refractivity contribution in [2.45, 2.75) is 32.2 Å². The van der Waals surface area contributed by atoms with E-state index in [0.29, 0.717) is 18.1 Å². The monoisotopic (exact) mass is 351 g/mol. The Kier molecular flexibility index (Phi) is 3.65. The molecule has 2 heterocycles. The van der Waals surface area contributed by atoms with E-state index in [1.807, 2.05) is 0 Å². The number of halogens is 1. The summed E-state index contributed by atoms with van der Waals surface area (Å²) >= 11 is 0. The SMILES string of the molecule is O=S1(=O)CC2(CCCC2)CN1Cc1nnnn1-c1ccc(F)cc1. The number of aromatic nitrogens is 4. The highest BCUT2D eigenvalue weighted by molar-refractivity contribution is 7.89. The maximum Gasteiger partial charge on any atom is 0.215 e. The van der Waals surface area contributed by atoms with Gasteiger partial charge in [-0.15, -0.1) is 5.10 Å². The third-order valence-corrected chi connectivity index (χ3v) is 7.00. The molecule has 1 aliphatic carbocycles. The summed E-state index contributed by atoms with van der Waals surface area (Å²) in [6, 6.07) is 5.76. The van der Waals surface area contributed by atoms with Crippen LogP contribution in [0.25, 0.3) is 5.69 Å². The van der Waals surface area contributed by atoms with Crippen molar-refractivity contribution in [3.63, 3.8) is 0 Å². The van der Waals surface area contributed by atoms with E-state index in [1.54, 1.807) is 12.1 Å². The fourth-order valence-corrected chi connectivity index (χ4v) is 5.94. The van der Waals surface area contributed by atoms with Gasteiger partial charge in [0.05, 0.1) is 18.0 Å². The second kappa shape index (κ2) is 5.59. The van der Waals surface area contributed by atoms with Crippen molar-refractivity contribution in [1.82, 2.24) is 24.5 Å². The van der Waals surface area contributed by atoms with Crippen molar-refractivity contribution >= 4 is 10.0 Å². The summed E-state index contributed by atoms with van der Waals surface area (Å²) in [6.45, 7) is 0.667. The molecule has 24 heavy (non-hydrogen) atoms. The number of rotatable bonds is 3. The molecule has 1 spiro atoms. The number of benzene rings is 1. The van der Waals surface area contributed by atoms with E-state index in [4.69, 9.17) is 0 Å². The lowest BCUT2D eigenvalue weighted by Gasteiger charge is -2.20. The van der Waals surface area contributed by atoms with Crippen LogP contribution in [-0.2, 0) is 16.6 Å². The van der Waals surface area contributed by atoms with Crippen LogP contribution in [0.1, 0.15) is 31.5 Å². The summed E-state index contributed by atoms with van der Waals surface area (Å²) in [5.41, 5.74) is 0.496. The van der Waals surface area contributed by atoms with Gasteiger partial charge < -0.3 is 0 Å². The summed E-state index contributed by atoms with van der Waals surface area (Å²) in [4.78, 5) is 0. The van der Waals surface area contributed by atoms with Gasteiger partial charge in [-0.05, 0) is 52.9 Å². The lowest BCUT2D eigenvalue weighted by atomic mass is 9.89. The third kappa shape index (κ3) is 2.71. The number of sulfonamides is 1. The molecule has 128 valence electrons. The minimum Gasteiger partial charge on any atom is -0.212 e. The van der Waals surface area contributed by atoms with Crippen LogP contribution in [0.15, 0.2) is 24.3 Å². The van der Waals surface area contributed by atoms with E-state index >= 15 is 0 Å². The number of tetrazole rings is 1. The van der Waals surface area contributed by atoms with Gasteiger partial charge in [-0.1, -0.05) is 12.8 Å². The topological polar surface area (TPSA) is 81.0 Å². The maximum absolute atomic E-state index is 13.1. The first-order chi connectivity index (χ1) is 11.5. The standard InChI is InChI=1S/C15H18FN5O2S/c16-12-3-5-13(6-4-12)21-14(17-18-19-21)9-20-10-15(7-1-2-8-15)11-24(20,22)23/h3-6H,1-2,7-11H2. The largest absolute Gasteiger partial charge is 0.215 e. The Morgan fingerprint density at radius 1 is 1.17 bits per heavy atom. The summed E-state index contributed by atoms with van der Waals surface area (Å²) in [6.07, 6.45) is 4.12. The van der Waals surface area contributed by atoms with Crippen LogP contribution in [0, 0.1) is 11.2 Å².